The van der Waals surface area contributed by atoms with Crippen molar-refractivity contribution in [2.45, 2.75) is 72.3 Å². The van der Waals surface area contributed by atoms with Crippen molar-refractivity contribution in [3.8, 4) is 0 Å². The van der Waals surface area contributed by atoms with Crippen LogP contribution < -0.4 is 5.32 Å². The average Bonchev–Trinajstić information content (AvgIpc) is 2.30. The first-order valence-electron chi connectivity index (χ1n) is 7.29. The first-order chi connectivity index (χ1) is 8.41. The standard InChI is InChI=1S/C15H32N2O/c1-7-8-14(10-12-16-6)17-18-15(4,5)11-9-13(2)3/h13,16H,7-12H2,1-6H3/b17-14+. The number of nitrogens with zero attached hydrogens (tertiary/aromatic N) is 1. The van der Waals surface area contributed by atoms with Crippen LogP contribution in [0.2, 0.25) is 0 Å². The van der Waals surface area contributed by atoms with E-state index in [2.05, 4.69) is 45.1 Å². The summed E-state index contributed by atoms with van der Waals surface area (Å²) < 4.78 is 0. The first-order valence-corrected chi connectivity index (χ1v) is 7.29. The molecule has 0 aliphatic carbocycles. The van der Waals surface area contributed by atoms with Crippen molar-refractivity contribution in [2.75, 3.05) is 13.6 Å². The highest BCUT2D eigenvalue weighted by Crippen LogP contribution is 2.20. The fraction of sp³-hybridized carbons (Fsp3) is 0.933. The van der Waals surface area contributed by atoms with E-state index in [1.165, 1.54) is 12.1 Å². The van der Waals surface area contributed by atoms with E-state index < -0.39 is 0 Å². The van der Waals surface area contributed by atoms with E-state index in [9.17, 15) is 0 Å². The Balaban J connectivity index is 4.24. The maximum atomic E-state index is 5.75. The lowest BCUT2D eigenvalue weighted by Gasteiger charge is -2.23. The summed E-state index contributed by atoms with van der Waals surface area (Å²) in [7, 11) is 1.97. The number of hydrogen-bond donors (Lipinski definition) is 1. The Morgan fingerprint density at radius 1 is 1.28 bits per heavy atom. The van der Waals surface area contributed by atoms with E-state index in [4.69, 9.17) is 4.84 Å². The van der Waals surface area contributed by atoms with Crippen LogP contribution in [0.4, 0.5) is 0 Å². The Morgan fingerprint density at radius 3 is 2.44 bits per heavy atom. The predicted molar refractivity (Wildman–Crippen MR) is 80.1 cm³/mol. The molecule has 0 atom stereocenters. The van der Waals surface area contributed by atoms with Crippen LogP contribution >= 0.6 is 0 Å². The molecule has 0 fully saturated rings. The van der Waals surface area contributed by atoms with Crippen molar-refractivity contribution in [1.82, 2.24) is 5.32 Å². The number of hydrogen-bond acceptors (Lipinski definition) is 3. The van der Waals surface area contributed by atoms with Gasteiger partial charge in [0.05, 0.1) is 5.71 Å². The maximum absolute atomic E-state index is 5.75. The molecule has 0 saturated heterocycles. The molecule has 108 valence electrons. The van der Waals surface area contributed by atoms with Gasteiger partial charge in [-0.05, 0) is 46.1 Å². The molecule has 0 rings (SSSR count). The normalized spacial score (nSPS) is 13.2. The molecule has 0 aromatic carbocycles. The second-order valence-corrected chi connectivity index (χ2v) is 6.04. The minimum absolute atomic E-state index is 0.150. The highest BCUT2D eigenvalue weighted by Gasteiger charge is 2.20. The molecular formula is C15H32N2O. The Hall–Kier alpha value is -0.570. The second kappa shape index (κ2) is 9.37. The molecule has 0 aromatic heterocycles. The molecule has 0 unspecified atom stereocenters. The van der Waals surface area contributed by atoms with Gasteiger partial charge < -0.3 is 10.2 Å². The van der Waals surface area contributed by atoms with Crippen LogP contribution in [-0.4, -0.2) is 24.9 Å². The van der Waals surface area contributed by atoms with Crippen LogP contribution in [0.1, 0.15) is 66.7 Å². The Morgan fingerprint density at radius 2 is 1.94 bits per heavy atom. The minimum atomic E-state index is -0.150. The quantitative estimate of drug-likeness (QED) is 0.474. The molecule has 0 heterocycles. The lowest BCUT2D eigenvalue weighted by atomic mass is 9.97. The van der Waals surface area contributed by atoms with Crippen molar-refractivity contribution in [1.29, 1.82) is 0 Å². The average molecular weight is 256 g/mol. The van der Waals surface area contributed by atoms with Gasteiger partial charge in [0.25, 0.3) is 0 Å². The SMILES string of the molecule is CCC/C(CCNC)=N\OC(C)(C)CCC(C)C. The van der Waals surface area contributed by atoms with Gasteiger partial charge in [0.15, 0.2) is 0 Å². The number of nitrogens with one attached hydrogen (secondary N) is 1. The molecule has 0 amide bonds. The number of rotatable bonds is 10. The van der Waals surface area contributed by atoms with E-state index in [1.54, 1.807) is 0 Å². The van der Waals surface area contributed by atoms with Crippen molar-refractivity contribution in [3.05, 3.63) is 0 Å². The summed E-state index contributed by atoms with van der Waals surface area (Å²) in [6.45, 7) is 11.9. The zero-order chi connectivity index (χ0) is 14.0. The molecule has 0 spiro atoms. The van der Waals surface area contributed by atoms with E-state index >= 15 is 0 Å². The predicted octanol–water partition coefficient (Wildman–Crippen LogP) is 3.98. The zero-order valence-corrected chi connectivity index (χ0v) is 13.2. The summed E-state index contributed by atoms with van der Waals surface area (Å²) in [4.78, 5) is 5.75. The first kappa shape index (κ1) is 17.4. The Bertz CT molecular complexity index is 235. The zero-order valence-electron chi connectivity index (χ0n) is 13.2. The highest BCUT2D eigenvalue weighted by atomic mass is 16.6. The summed E-state index contributed by atoms with van der Waals surface area (Å²) >= 11 is 0. The summed E-state index contributed by atoms with van der Waals surface area (Å²) in [6.07, 6.45) is 5.37. The topological polar surface area (TPSA) is 33.6 Å². The highest BCUT2D eigenvalue weighted by molar-refractivity contribution is 5.84. The lowest BCUT2D eigenvalue weighted by Crippen LogP contribution is -2.23. The molecule has 0 bridgehead atoms. The Kier molecular flexibility index (Phi) is 9.08. The van der Waals surface area contributed by atoms with Gasteiger partial charge in [0, 0.05) is 13.0 Å². The molecule has 0 saturated carbocycles. The summed E-state index contributed by atoms with van der Waals surface area (Å²) in [5.41, 5.74) is 1.02. The maximum Gasteiger partial charge on any atom is 0.132 e. The van der Waals surface area contributed by atoms with Crippen LogP contribution in [0.5, 0.6) is 0 Å². The van der Waals surface area contributed by atoms with Gasteiger partial charge in [-0.3, -0.25) is 0 Å². The smallest absolute Gasteiger partial charge is 0.132 e. The third-order valence-electron chi connectivity index (χ3n) is 2.95. The van der Waals surface area contributed by atoms with E-state index in [0.29, 0.717) is 0 Å². The monoisotopic (exact) mass is 256 g/mol. The van der Waals surface area contributed by atoms with E-state index in [0.717, 1.165) is 38.1 Å². The van der Waals surface area contributed by atoms with Crippen LogP contribution in [0.15, 0.2) is 5.16 Å². The van der Waals surface area contributed by atoms with Crippen LogP contribution in [-0.2, 0) is 4.84 Å². The summed E-state index contributed by atoms with van der Waals surface area (Å²) in [5.74, 6) is 0.719. The van der Waals surface area contributed by atoms with Gasteiger partial charge in [0.2, 0.25) is 0 Å². The molecule has 0 aliphatic heterocycles. The van der Waals surface area contributed by atoms with Crippen molar-refractivity contribution < 1.29 is 4.84 Å². The third-order valence-corrected chi connectivity index (χ3v) is 2.95. The third kappa shape index (κ3) is 9.46. The van der Waals surface area contributed by atoms with Crippen LogP contribution in [0, 0.1) is 5.92 Å². The molecule has 18 heavy (non-hydrogen) atoms. The van der Waals surface area contributed by atoms with Gasteiger partial charge in [0.1, 0.15) is 5.60 Å². The minimum Gasteiger partial charge on any atom is -0.390 e. The number of oxime groups is 1. The van der Waals surface area contributed by atoms with Gasteiger partial charge in [-0.25, -0.2) is 0 Å². The van der Waals surface area contributed by atoms with Crippen molar-refractivity contribution in [2.24, 2.45) is 11.1 Å². The van der Waals surface area contributed by atoms with Gasteiger partial charge in [-0.15, -0.1) is 0 Å². The van der Waals surface area contributed by atoms with Crippen LogP contribution in [0.25, 0.3) is 0 Å². The van der Waals surface area contributed by atoms with Gasteiger partial charge in [-0.2, -0.15) is 0 Å². The van der Waals surface area contributed by atoms with Gasteiger partial charge >= 0.3 is 0 Å². The molecule has 0 aromatic rings. The largest absolute Gasteiger partial charge is 0.390 e. The van der Waals surface area contributed by atoms with Crippen LogP contribution in [0.3, 0.4) is 0 Å². The second-order valence-electron chi connectivity index (χ2n) is 6.04. The van der Waals surface area contributed by atoms with Crippen molar-refractivity contribution >= 4 is 5.71 Å². The fourth-order valence-electron chi connectivity index (χ4n) is 1.64. The Labute approximate surface area is 113 Å². The molecule has 3 heteroatoms. The van der Waals surface area contributed by atoms with E-state index in [1.807, 2.05) is 7.05 Å². The summed E-state index contributed by atoms with van der Waals surface area (Å²) in [6, 6.07) is 0. The molecule has 1 N–H and O–H groups in total. The molecule has 0 radical (unpaired) electrons. The fourth-order valence-corrected chi connectivity index (χ4v) is 1.64. The molecular weight excluding hydrogens is 224 g/mol. The molecule has 0 aliphatic rings. The van der Waals surface area contributed by atoms with Gasteiger partial charge in [-0.1, -0.05) is 32.3 Å². The molecule has 3 nitrogen and oxygen atoms in total. The lowest BCUT2D eigenvalue weighted by molar-refractivity contribution is -0.0243. The van der Waals surface area contributed by atoms with E-state index in [-0.39, 0.29) is 5.60 Å². The van der Waals surface area contributed by atoms with Crippen molar-refractivity contribution in [3.63, 3.8) is 0 Å². The summed E-state index contributed by atoms with van der Waals surface area (Å²) in [5, 5.41) is 7.53.